The Morgan fingerprint density at radius 1 is 1.39 bits per heavy atom. The maximum absolute atomic E-state index is 11.9. The molecule has 2 unspecified atom stereocenters. The summed E-state index contributed by atoms with van der Waals surface area (Å²) in [5.74, 6) is 0.759. The standard InChI is InChI=1S/C19H26O4/c1-3-21-17(20)13-19(2)10-9-14-12-15(7-8-16(14)19)23-18-6-4-5-11-22-18/h7-8,12,18H,3-6,9-11,13H2,1-2H3. The van der Waals surface area contributed by atoms with Gasteiger partial charge in [-0.25, -0.2) is 0 Å². The van der Waals surface area contributed by atoms with Gasteiger partial charge in [-0.1, -0.05) is 13.0 Å². The molecule has 126 valence electrons. The Labute approximate surface area is 138 Å². The van der Waals surface area contributed by atoms with Crippen molar-refractivity contribution in [1.29, 1.82) is 0 Å². The lowest BCUT2D eigenvalue weighted by molar-refractivity contribution is -0.144. The highest BCUT2D eigenvalue weighted by molar-refractivity contribution is 5.72. The second kappa shape index (κ2) is 6.91. The number of benzene rings is 1. The third-order valence-electron chi connectivity index (χ3n) is 4.92. The van der Waals surface area contributed by atoms with Crippen LogP contribution in [0, 0.1) is 0 Å². The molecule has 1 saturated heterocycles. The first-order valence-electron chi connectivity index (χ1n) is 8.68. The summed E-state index contributed by atoms with van der Waals surface area (Å²) < 4.78 is 16.7. The van der Waals surface area contributed by atoms with Crippen molar-refractivity contribution in [2.45, 2.75) is 64.1 Å². The van der Waals surface area contributed by atoms with Gasteiger partial charge in [-0.15, -0.1) is 0 Å². The smallest absolute Gasteiger partial charge is 0.306 e. The van der Waals surface area contributed by atoms with E-state index in [1.165, 1.54) is 11.1 Å². The first kappa shape index (κ1) is 16.3. The third kappa shape index (κ3) is 3.69. The van der Waals surface area contributed by atoms with E-state index in [-0.39, 0.29) is 17.7 Å². The second-order valence-electron chi connectivity index (χ2n) is 6.78. The van der Waals surface area contributed by atoms with Crippen LogP contribution in [0.2, 0.25) is 0 Å². The lowest BCUT2D eigenvalue weighted by atomic mass is 9.81. The van der Waals surface area contributed by atoms with E-state index in [0.29, 0.717) is 13.0 Å². The van der Waals surface area contributed by atoms with Crippen LogP contribution in [0.15, 0.2) is 18.2 Å². The fourth-order valence-corrected chi connectivity index (χ4v) is 3.65. The molecule has 1 aromatic carbocycles. The van der Waals surface area contributed by atoms with E-state index in [2.05, 4.69) is 19.1 Å². The van der Waals surface area contributed by atoms with Crippen LogP contribution in [0.5, 0.6) is 5.75 Å². The SMILES string of the molecule is CCOC(=O)CC1(C)CCc2cc(OC3CCCCO3)ccc21. The Hall–Kier alpha value is -1.55. The summed E-state index contributed by atoms with van der Waals surface area (Å²) in [6.07, 6.45) is 5.52. The van der Waals surface area contributed by atoms with Crippen LogP contribution in [-0.4, -0.2) is 25.5 Å². The summed E-state index contributed by atoms with van der Waals surface area (Å²) in [4.78, 5) is 11.9. The van der Waals surface area contributed by atoms with Crippen molar-refractivity contribution in [3.05, 3.63) is 29.3 Å². The molecule has 2 aliphatic rings. The van der Waals surface area contributed by atoms with E-state index in [1.807, 2.05) is 13.0 Å². The minimum absolute atomic E-state index is 0.112. The maximum atomic E-state index is 11.9. The van der Waals surface area contributed by atoms with Gasteiger partial charge in [-0.3, -0.25) is 4.79 Å². The molecule has 1 aromatic rings. The van der Waals surface area contributed by atoms with Gasteiger partial charge in [0.2, 0.25) is 0 Å². The van der Waals surface area contributed by atoms with Crippen molar-refractivity contribution in [1.82, 2.24) is 0 Å². The molecular weight excluding hydrogens is 292 g/mol. The topological polar surface area (TPSA) is 44.8 Å². The minimum atomic E-state index is -0.124. The molecule has 1 heterocycles. The van der Waals surface area contributed by atoms with Gasteiger partial charge < -0.3 is 14.2 Å². The number of fused-ring (bicyclic) bond motifs is 1. The molecule has 0 spiro atoms. The van der Waals surface area contributed by atoms with Gasteiger partial charge in [-0.2, -0.15) is 0 Å². The average Bonchev–Trinajstić information content (AvgIpc) is 2.85. The molecule has 4 nitrogen and oxygen atoms in total. The quantitative estimate of drug-likeness (QED) is 0.776. The number of hydrogen-bond acceptors (Lipinski definition) is 4. The highest BCUT2D eigenvalue weighted by atomic mass is 16.7. The van der Waals surface area contributed by atoms with E-state index in [1.54, 1.807) is 0 Å². The first-order chi connectivity index (χ1) is 11.1. The van der Waals surface area contributed by atoms with E-state index in [9.17, 15) is 4.79 Å². The molecule has 0 bridgehead atoms. The summed E-state index contributed by atoms with van der Waals surface area (Å²) in [6, 6.07) is 6.23. The van der Waals surface area contributed by atoms with Crippen molar-refractivity contribution in [2.75, 3.05) is 13.2 Å². The third-order valence-corrected chi connectivity index (χ3v) is 4.92. The Balaban J connectivity index is 1.70. The van der Waals surface area contributed by atoms with Gasteiger partial charge in [0.25, 0.3) is 0 Å². The number of aryl methyl sites for hydroxylation is 1. The monoisotopic (exact) mass is 318 g/mol. The van der Waals surface area contributed by atoms with Crippen molar-refractivity contribution in [3.8, 4) is 5.75 Å². The molecular formula is C19H26O4. The largest absolute Gasteiger partial charge is 0.466 e. The van der Waals surface area contributed by atoms with E-state index in [0.717, 1.165) is 44.5 Å². The zero-order chi connectivity index (χ0) is 16.3. The predicted octanol–water partition coefficient (Wildman–Crippen LogP) is 3.75. The first-order valence-corrected chi connectivity index (χ1v) is 8.68. The Bertz CT molecular complexity index is 562. The summed E-state index contributed by atoms with van der Waals surface area (Å²) in [5.41, 5.74) is 2.41. The fourth-order valence-electron chi connectivity index (χ4n) is 3.65. The average molecular weight is 318 g/mol. The molecule has 4 heteroatoms. The highest BCUT2D eigenvalue weighted by Gasteiger charge is 2.37. The van der Waals surface area contributed by atoms with Crippen LogP contribution in [0.25, 0.3) is 0 Å². The maximum Gasteiger partial charge on any atom is 0.306 e. The van der Waals surface area contributed by atoms with Gasteiger partial charge in [0.1, 0.15) is 5.75 Å². The number of esters is 1. The van der Waals surface area contributed by atoms with Crippen LogP contribution in [0.4, 0.5) is 0 Å². The summed E-state index contributed by atoms with van der Waals surface area (Å²) in [7, 11) is 0. The number of carbonyl (C=O) groups is 1. The molecule has 0 amide bonds. The van der Waals surface area contributed by atoms with Gasteiger partial charge >= 0.3 is 5.97 Å². The molecule has 3 rings (SSSR count). The second-order valence-corrected chi connectivity index (χ2v) is 6.78. The van der Waals surface area contributed by atoms with Gasteiger partial charge in [0.15, 0.2) is 6.29 Å². The zero-order valence-corrected chi connectivity index (χ0v) is 14.1. The number of ether oxygens (including phenoxy) is 3. The molecule has 23 heavy (non-hydrogen) atoms. The van der Waals surface area contributed by atoms with Crippen LogP contribution in [0.1, 0.15) is 57.1 Å². The van der Waals surface area contributed by atoms with E-state index in [4.69, 9.17) is 14.2 Å². The molecule has 2 atom stereocenters. The summed E-state index contributed by atoms with van der Waals surface area (Å²) in [5, 5.41) is 0. The van der Waals surface area contributed by atoms with Crippen molar-refractivity contribution < 1.29 is 19.0 Å². The van der Waals surface area contributed by atoms with Crippen LogP contribution >= 0.6 is 0 Å². The molecule has 0 aromatic heterocycles. The Kier molecular flexibility index (Phi) is 4.90. The fraction of sp³-hybridized carbons (Fsp3) is 0.632. The number of carbonyl (C=O) groups excluding carboxylic acids is 1. The van der Waals surface area contributed by atoms with Crippen LogP contribution in [-0.2, 0) is 26.1 Å². The molecule has 1 aliphatic carbocycles. The lowest BCUT2D eigenvalue weighted by Crippen LogP contribution is -2.25. The Morgan fingerprint density at radius 2 is 2.26 bits per heavy atom. The summed E-state index contributed by atoms with van der Waals surface area (Å²) >= 11 is 0. The summed E-state index contributed by atoms with van der Waals surface area (Å²) in [6.45, 7) is 5.23. The van der Waals surface area contributed by atoms with E-state index < -0.39 is 0 Å². The molecule has 0 saturated carbocycles. The molecule has 0 radical (unpaired) electrons. The minimum Gasteiger partial charge on any atom is -0.466 e. The van der Waals surface area contributed by atoms with Crippen LogP contribution < -0.4 is 4.74 Å². The van der Waals surface area contributed by atoms with Gasteiger partial charge in [0.05, 0.1) is 19.6 Å². The van der Waals surface area contributed by atoms with Crippen molar-refractivity contribution >= 4 is 5.97 Å². The lowest BCUT2D eigenvalue weighted by Gasteiger charge is -2.25. The van der Waals surface area contributed by atoms with Gasteiger partial charge in [-0.05, 0) is 55.9 Å². The predicted molar refractivity (Wildman–Crippen MR) is 87.6 cm³/mol. The number of hydrogen-bond donors (Lipinski definition) is 0. The van der Waals surface area contributed by atoms with Crippen LogP contribution in [0.3, 0.4) is 0 Å². The van der Waals surface area contributed by atoms with Gasteiger partial charge in [0, 0.05) is 11.8 Å². The zero-order valence-electron chi connectivity index (χ0n) is 14.1. The molecule has 0 N–H and O–H groups in total. The number of rotatable bonds is 5. The molecule has 1 fully saturated rings. The normalized spacial score (nSPS) is 26.6. The highest BCUT2D eigenvalue weighted by Crippen LogP contribution is 2.43. The van der Waals surface area contributed by atoms with E-state index >= 15 is 0 Å². The van der Waals surface area contributed by atoms with Crippen molar-refractivity contribution in [3.63, 3.8) is 0 Å². The Morgan fingerprint density at radius 3 is 3.00 bits per heavy atom. The van der Waals surface area contributed by atoms with Crippen molar-refractivity contribution in [2.24, 2.45) is 0 Å². The molecule has 1 aliphatic heterocycles.